The summed E-state index contributed by atoms with van der Waals surface area (Å²) in [4.78, 5) is 2.95. The van der Waals surface area contributed by atoms with Crippen LogP contribution in [0.3, 0.4) is 0 Å². The van der Waals surface area contributed by atoms with Crippen LogP contribution in [-0.2, 0) is 0 Å². The van der Waals surface area contributed by atoms with Gasteiger partial charge in [0.2, 0.25) is 0 Å². The number of aromatic hydroxyl groups is 1. The smallest absolute Gasteiger partial charge is 0.147 e. The number of phenolic OH excluding ortho intramolecular Hbond substituents is 1. The van der Waals surface area contributed by atoms with Crippen LogP contribution in [-0.4, -0.2) is 10.1 Å². The van der Waals surface area contributed by atoms with E-state index < -0.39 is 0 Å². The van der Waals surface area contributed by atoms with Gasteiger partial charge in [-0.15, -0.1) is 0 Å². The van der Waals surface area contributed by atoms with E-state index in [4.69, 9.17) is 0 Å². The number of phenols is 1. The minimum Gasteiger partial charge on any atom is -0.507 e. The van der Waals surface area contributed by atoms with Gasteiger partial charge in [0.05, 0.1) is 11.0 Å². The molecular formula is C12H8FNO. The third-order valence-electron chi connectivity index (χ3n) is 2.59. The number of hydrogen-bond donors (Lipinski definition) is 2. The number of aromatic nitrogens is 1. The van der Waals surface area contributed by atoms with Crippen LogP contribution >= 0.6 is 0 Å². The molecular weight excluding hydrogens is 193 g/mol. The van der Waals surface area contributed by atoms with E-state index >= 15 is 0 Å². The predicted molar refractivity (Wildman–Crippen MR) is 57.4 cm³/mol. The van der Waals surface area contributed by atoms with Gasteiger partial charge in [-0.25, -0.2) is 4.39 Å². The maximum Gasteiger partial charge on any atom is 0.147 e. The predicted octanol–water partition coefficient (Wildman–Crippen LogP) is 3.17. The number of halogens is 1. The lowest BCUT2D eigenvalue weighted by Crippen LogP contribution is -1.74. The highest BCUT2D eigenvalue weighted by molar-refractivity contribution is 6.10. The summed E-state index contributed by atoms with van der Waals surface area (Å²) in [5.41, 5.74) is 1.18. The highest BCUT2D eigenvalue weighted by atomic mass is 19.1. The Bertz CT molecular complexity index is 657. The third kappa shape index (κ3) is 1.03. The van der Waals surface area contributed by atoms with Gasteiger partial charge in [0.1, 0.15) is 11.6 Å². The van der Waals surface area contributed by atoms with Crippen molar-refractivity contribution in [1.29, 1.82) is 0 Å². The van der Waals surface area contributed by atoms with Gasteiger partial charge in [0, 0.05) is 10.8 Å². The summed E-state index contributed by atoms with van der Waals surface area (Å²) in [5.74, 6) is -0.132. The number of H-pyrrole nitrogens is 1. The number of para-hydroxylation sites is 1. The fourth-order valence-electron chi connectivity index (χ4n) is 1.92. The summed E-state index contributed by atoms with van der Waals surface area (Å²) < 4.78 is 13.4. The van der Waals surface area contributed by atoms with Crippen LogP contribution in [0.25, 0.3) is 21.8 Å². The Morgan fingerprint density at radius 3 is 2.73 bits per heavy atom. The number of benzene rings is 2. The molecule has 74 valence electrons. The van der Waals surface area contributed by atoms with Crippen LogP contribution in [0.1, 0.15) is 0 Å². The Labute approximate surface area is 85.0 Å². The van der Waals surface area contributed by atoms with E-state index in [0.29, 0.717) is 16.3 Å². The minimum absolute atomic E-state index is 0.171. The molecule has 0 atom stereocenters. The average Bonchev–Trinajstić information content (AvgIpc) is 2.59. The Morgan fingerprint density at radius 1 is 1.07 bits per heavy atom. The van der Waals surface area contributed by atoms with Crippen molar-refractivity contribution in [2.75, 3.05) is 0 Å². The van der Waals surface area contributed by atoms with Crippen LogP contribution in [0.15, 0.2) is 36.4 Å². The zero-order valence-electron chi connectivity index (χ0n) is 7.79. The van der Waals surface area contributed by atoms with Crippen molar-refractivity contribution in [3.05, 3.63) is 42.2 Å². The van der Waals surface area contributed by atoms with Gasteiger partial charge < -0.3 is 10.1 Å². The van der Waals surface area contributed by atoms with Crippen LogP contribution in [0.5, 0.6) is 5.75 Å². The first kappa shape index (κ1) is 8.29. The average molecular weight is 201 g/mol. The lowest BCUT2D eigenvalue weighted by molar-refractivity contribution is 0.482. The van der Waals surface area contributed by atoms with E-state index in [9.17, 15) is 9.50 Å². The van der Waals surface area contributed by atoms with Crippen molar-refractivity contribution in [3.8, 4) is 5.75 Å². The summed E-state index contributed by atoms with van der Waals surface area (Å²) in [6, 6.07) is 9.96. The molecule has 3 aromatic rings. The first-order valence-electron chi connectivity index (χ1n) is 4.65. The number of aromatic amines is 1. The summed E-state index contributed by atoms with van der Waals surface area (Å²) in [7, 11) is 0. The molecule has 0 amide bonds. The Hall–Kier alpha value is -2.03. The molecule has 3 heteroatoms. The minimum atomic E-state index is -0.303. The van der Waals surface area contributed by atoms with Crippen molar-refractivity contribution in [2.24, 2.45) is 0 Å². The van der Waals surface area contributed by atoms with E-state index in [1.54, 1.807) is 24.3 Å². The van der Waals surface area contributed by atoms with E-state index in [-0.39, 0.29) is 11.6 Å². The number of fused-ring (bicyclic) bond motifs is 3. The monoisotopic (exact) mass is 201 g/mol. The van der Waals surface area contributed by atoms with Crippen LogP contribution in [0, 0.1) is 5.82 Å². The third-order valence-corrected chi connectivity index (χ3v) is 2.59. The number of rotatable bonds is 0. The largest absolute Gasteiger partial charge is 0.507 e. The van der Waals surface area contributed by atoms with Gasteiger partial charge in [0.25, 0.3) is 0 Å². The zero-order valence-corrected chi connectivity index (χ0v) is 7.79. The molecule has 1 aromatic heterocycles. The summed E-state index contributed by atoms with van der Waals surface area (Å²) in [5, 5.41) is 11.1. The highest BCUT2D eigenvalue weighted by Crippen LogP contribution is 2.32. The standard InChI is InChI=1S/C12H8FNO/c13-8-4-1-3-7-11-9(14-12(7)8)5-2-6-10(11)15/h1-6,14-15H. The van der Waals surface area contributed by atoms with Crippen LogP contribution < -0.4 is 0 Å². The first-order valence-corrected chi connectivity index (χ1v) is 4.65. The second-order valence-corrected chi connectivity index (χ2v) is 3.49. The Morgan fingerprint density at radius 2 is 1.87 bits per heavy atom. The van der Waals surface area contributed by atoms with Crippen molar-refractivity contribution < 1.29 is 9.50 Å². The van der Waals surface area contributed by atoms with Gasteiger partial charge >= 0.3 is 0 Å². The lowest BCUT2D eigenvalue weighted by Gasteiger charge is -1.94. The van der Waals surface area contributed by atoms with E-state index in [1.165, 1.54) is 6.07 Å². The molecule has 0 aliphatic rings. The van der Waals surface area contributed by atoms with E-state index in [0.717, 1.165) is 5.52 Å². The van der Waals surface area contributed by atoms with Crippen molar-refractivity contribution in [2.45, 2.75) is 0 Å². The van der Waals surface area contributed by atoms with Gasteiger partial charge in [-0.1, -0.05) is 18.2 Å². The van der Waals surface area contributed by atoms with Gasteiger partial charge in [-0.05, 0) is 18.2 Å². The summed E-state index contributed by atoms with van der Waals surface area (Å²) >= 11 is 0. The fourth-order valence-corrected chi connectivity index (χ4v) is 1.92. The Balaban J connectivity index is 2.65. The molecule has 0 aliphatic carbocycles. The molecule has 0 radical (unpaired) electrons. The first-order chi connectivity index (χ1) is 7.27. The molecule has 1 heterocycles. The second kappa shape index (κ2) is 2.73. The highest BCUT2D eigenvalue weighted by Gasteiger charge is 2.09. The van der Waals surface area contributed by atoms with Crippen molar-refractivity contribution in [3.63, 3.8) is 0 Å². The molecule has 3 rings (SSSR count). The summed E-state index contributed by atoms with van der Waals surface area (Å²) in [6.07, 6.45) is 0. The van der Waals surface area contributed by atoms with Gasteiger partial charge in [-0.2, -0.15) is 0 Å². The second-order valence-electron chi connectivity index (χ2n) is 3.49. The molecule has 2 N–H and O–H groups in total. The molecule has 2 aromatic carbocycles. The molecule has 0 spiro atoms. The lowest BCUT2D eigenvalue weighted by atomic mass is 10.1. The number of nitrogens with one attached hydrogen (secondary N) is 1. The molecule has 0 saturated heterocycles. The fraction of sp³-hybridized carbons (Fsp3) is 0. The van der Waals surface area contributed by atoms with Gasteiger partial charge in [0.15, 0.2) is 0 Å². The molecule has 0 aliphatic heterocycles. The molecule has 0 saturated carbocycles. The van der Waals surface area contributed by atoms with Crippen molar-refractivity contribution >= 4 is 21.8 Å². The SMILES string of the molecule is Oc1cccc2[nH]c3c(F)cccc3c12. The normalized spacial score (nSPS) is 11.3. The van der Waals surface area contributed by atoms with Gasteiger partial charge in [-0.3, -0.25) is 0 Å². The molecule has 15 heavy (non-hydrogen) atoms. The summed E-state index contributed by atoms with van der Waals surface area (Å²) in [6.45, 7) is 0. The quantitative estimate of drug-likeness (QED) is 0.575. The molecule has 0 unspecified atom stereocenters. The molecule has 0 fully saturated rings. The topological polar surface area (TPSA) is 36.0 Å². The zero-order chi connectivity index (χ0) is 10.4. The molecule has 2 nitrogen and oxygen atoms in total. The maximum absolute atomic E-state index is 13.4. The Kier molecular flexibility index (Phi) is 1.51. The van der Waals surface area contributed by atoms with Crippen LogP contribution in [0.4, 0.5) is 4.39 Å². The maximum atomic E-state index is 13.4. The molecule has 0 bridgehead atoms. The van der Waals surface area contributed by atoms with E-state index in [1.807, 2.05) is 6.07 Å². The van der Waals surface area contributed by atoms with E-state index in [2.05, 4.69) is 4.98 Å². The number of hydrogen-bond acceptors (Lipinski definition) is 1. The van der Waals surface area contributed by atoms with Crippen molar-refractivity contribution in [1.82, 2.24) is 4.98 Å². The van der Waals surface area contributed by atoms with Crippen LogP contribution in [0.2, 0.25) is 0 Å².